The molecular weight excluding hydrogens is 328 g/mol. The highest BCUT2D eigenvalue weighted by Gasteiger charge is 2.36. The molecule has 1 atom stereocenters. The lowest BCUT2D eigenvalue weighted by molar-refractivity contribution is -0.128. The number of likely N-dealkylation sites (tertiary alicyclic amines) is 1. The highest BCUT2D eigenvalue weighted by atomic mass is 16.5. The average Bonchev–Trinajstić information content (AvgIpc) is 2.66. The molecule has 142 valence electrons. The van der Waals surface area contributed by atoms with E-state index in [1.165, 1.54) is 19.3 Å². The summed E-state index contributed by atoms with van der Waals surface area (Å²) in [7, 11) is 0. The predicted molar refractivity (Wildman–Crippen MR) is 103 cm³/mol. The van der Waals surface area contributed by atoms with Crippen LogP contribution in [-0.4, -0.2) is 48.9 Å². The number of carbonyl (C=O) groups is 2. The van der Waals surface area contributed by atoms with Gasteiger partial charge in [0.2, 0.25) is 0 Å². The number of Topliss-reactive ketones (excluding diaryl/α,β-unsaturated/α-hetero) is 1. The van der Waals surface area contributed by atoms with Crippen LogP contribution < -0.4 is 9.64 Å². The van der Waals surface area contributed by atoms with Crippen LogP contribution in [0.4, 0.5) is 5.69 Å². The summed E-state index contributed by atoms with van der Waals surface area (Å²) in [6.45, 7) is 9.58. The lowest BCUT2D eigenvalue weighted by atomic mass is 10.0. The molecule has 2 aliphatic heterocycles. The van der Waals surface area contributed by atoms with Crippen LogP contribution in [-0.2, 0) is 4.79 Å². The topological polar surface area (TPSA) is 49.9 Å². The molecule has 1 aromatic carbocycles. The average molecular weight is 358 g/mol. The first-order valence-corrected chi connectivity index (χ1v) is 9.89. The molecule has 0 radical (unpaired) electrons. The van der Waals surface area contributed by atoms with Gasteiger partial charge in [-0.15, -0.1) is 0 Å². The number of hydrogen-bond donors (Lipinski definition) is 0. The number of rotatable bonds is 6. The largest absolute Gasteiger partial charge is 0.478 e. The van der Waals surface area contributed by atoms with Crippen LogP contribution in [0.3, 0.4) is 0 Å². The minimum absolute atomic E-state index is 0.00519. The van der Waals surface area contributed by atoms with Crippen LogP contribution in [0, 0.1) is 5.92 Å². The van der Waals surface area contributed by atoms with Crippen molar-refractivity contribution in [3.05, 3.63) is 23.8 Å². The zero-order valence-electron chi connectivity index (χ0n) is 16.2. The van der Waals surface area contributed by atoms with E-state index in [9.17, 15) is 9.59 Å². The molecule has 1 saturated heterocycles. The number of nitrogens with zero attached hydrogens (tertiary/aromatic N) is 2. The fourth-order valence-corrected chi connectivity index (χ4v) is 3.74. The lowest BCUT2D eigenvalue weighted by Gasteiger charge is -2.37. The van der Waals surface area contributed by atoms with Gasteiger partial charge >= 0.3 is 0 Å². The van der Waals surface area contributed by atoms with Crippen molar-refractivity contribution in [3.63, 3.8) is 0 Å². The van der Waals surface area contributed by atoms with Gasteiger partial charge in [-0.1, -0.05) is 27.2 Å². The van der Waals surface area contributed by atoms with E-state index in [2.05, 4.69) is 4.90 Å². The van der Waals surface area contributed by atoms with E-state index in [0.717, 1.165) is 25.3 Å². The number of fused-ring (bicyclic) bond motifs is 1. The van der Waals surface area contributed by atoms with Crippen LogP contribution in [0.15, 0.2) is 18.2 Å². The summed E-state index contributed by atoms with van der Waals surface area (Å²) >= 11 is 0. The summed E-state index contributed by atoms with van der Waals surface area (Å²) < 4.78 is 5.98. The van der Waals surface area contributed by atoms with E-state index in [1.807, 2.05) is 37.8 Å². The van der Waals surface area contributed by atoms with Crippen molar-refractivity contribution in [1.29, 1.82) is 0 Å². The maximum Gasteiger partial charge on any atom is 0.268 e. The molecule has 2 heterocycles. The highest BCUT2D eigenvalue weighted by Crippen LogP contribution is 2.36. The molecule has 1 aromatic rings. The smallest absolute Gasteiger partial charge is 0.268 e. The molecule has 1 amide bonds. The molecule has 5 nitrogen and oxygen atoms in total. The molecule has 1 unspecified atom stereocenters. The van der Waals surface area contributed by atoms with E-state index in [4.69, 9.17) is 4.74 Å². The predicted octanol–water partition coefficient (Wildman–Crippen LogP) is 3.52. The maximum absolute atomic E-state index is 13.1. The van der Waals surface area contributed by atoms with Crippen molar-refractivity contribution in [2.45, 2.75) is 52.6 Å². The second kappa shape index (κ2) is 8.21. The Kier molecular flexibility index (Phi) is 5.97. The van der Waals surface area contributed by atoms with Crippen molar-refractivity contribution in [2.24, 2.45) is 5.92 Å². The molecule has 2 aliphatic rings. The van der Waals surface area contributed by atoms with Crippen LogP contribution in [0.1, 0.15) is 56.8 Å². The van der Waals surface area contributed by atoms with E-state index in [1.54, 1.807) is 6.07 Å². The van der Waals surface area contributed by atoms with Crippen LogP contribution in [0.5, 0.6) is 5.75 Å². The Labute approximate surface area is 156 Å². The highest BCUT2D eigenvalue weighted by molar-refractivity contribution is 6.03. The number of anilines is 1. The molecule has 0 bridgehead atoms. The summed E-state index contributed by atoms with van der Waals surface area (Å²) in [5, 5.41) is 0. The second-order valence-electron chi connectivity index (χ2n) is 7.63. The number of ketones is 1. The van der Waals surface area contributed by atoms with E-state index in [0.29, 0.717) is 24.3 Å². The minimum Gasteiger partial charge on any atom is -0.478 e. The Balaban J connectivity index is 1.86. The van der Waals surface area contributed by atoms with Gasteiger partial charge in [-0.05, 0) is 50.0 Å². The number of piperidine rings is 1. The van der Waals surface area contributed by atoms with Crippen molar-refractivity contribution >= 4 is 17.4 Å². The molecule has 0 spiro atoms. The molecule has 0 aromatic heterocycles. The SMILES string of the molecule is CCC(=O)c1ccc2c(c1)N(CCN1CCCCC1)C(=O)C(C(C)C)O2. The van der Waals surface area contributed by atoms with Gasteiger partial charge in [-0.3, -0.25) is 9.59 Å². The summed E-state index contributed by atoms with van der Waals surface area (Å²) in [5.74, 6) is 0.896. The van der Waals surface area contributed by atoms with Crippen LogP contribution in [0.2, 0.25) is 0 Å². The monoisotopic (exact) mass is 358 g/mol. The van der Waals surface area contributed by atoms with Crippen molar-refractivity contribution in [1.82, 2.24) is 4.90 Å². The summed E-state index contributed by atoms with van der Waals surface area (Å²) in [5.41, 5.74) is 1.39. The first-order valence-electron chi connectivity index (χ1n) is 9.89. The van der Waals surface area contributed by atoms with Crippen molar-refractivity contribution in [2.75, 3.05) is 31.1 Å². The van der Waals surface area contributed by atoms with E-state index < -0.39 is 6.10 Å². The Morgan fingerprint density at radius 1 is 1.19 bits per heavy atom. The standard InChI is InChI=1S/C21H30N2O3/c1-4-18(24)16-8-9-19-17(14-16)23(21(25)20(26-19)15(2)3)13-12-22-10-6-5-7-11-22/h8-9,14-15,20H,4-7,10-13H2,1-3H3. The van der Waals surface area contributed by atoms with Crippen LogP contribution >= 0.6 is 0 Å². The number of ether oxygens (including phenoxy) is 1. The number of hydrogen-bond acceptors (Lipinski definition) is 4. The molecule has 0 saturated carbocycles. The molecule has 0 aliphatic carbocycles. The quantitative estimate of drug-likeness (QED) is 0.730. The fraction of sp³-hybridized carbons (Fsp3) is 0.619. The third-order valence-electron chi connectivity index (χ3n) is 5.35. The molecule has 0 N–H and O–H groups in total. The van der Waals surface area contributed by atoms with Crippen molar-refractivity contribution < 1.29 is 14.3 Å². The Morgan fingerprint density at radius 3 is 2.58 bits per heavy atom. The fourth-order valence-electron chi connectivity index (χ4n) is 3.74. The zero-order valence-corrected chi connectivity index (χ0v) is 16.2. The Morgan fingerprint density at radius 2 is 1.92 bits per heavy atom. The molecule has 3 rings (SSSR count). The van der Waals surface area contributed by atoms with Gasteiger partial charge in [0.25, 0.3) is 5.91 Å². The summed E-state index contributed by atoms with van der Waals surface area (Å²) in [6, 6.07) is 5.47. The third-order valence-corrected chi connectivity index (χ3v) is 5.35. The number of benzene rings is 1. The van der Waals surface area contributed by atoms with Gasteiger partial charge in [0.15, 0.2) is 11.9 Å². The van der Waals surface area contributed by atoms with E-state index in [-0.39, 0.29) is 17.6 Å². The van der Waals surface area contributed by atoms with Crippen LogP contribution in [0.25, 0.3) is 0 Å². The zero-order chi connectivity index (χ0) is 18.7. The van der Waals surface area contributed by atoms with Gasteiger partial charge < -0.3 is 14.5 Å². The number of carbonyl (C=O) groups excluding carboxylic acids is 2. The van der Waals surface area contributed by atoms with Gasteiger partial charge in [0.05, 0.1) is 5.69 Å². The molecule has 5 heteroatoms. The molecule has 26 heavy (non-hydrogen) atoms. The Bertz CT molecular complexity index is 665. The molecule has 1 fully saturated rings. The van der Waals surface area contributed by atoms with E-state index >= 15 is 0 Å². The molecular formula is C21H30N2O3. The first kappa shape index (κ1) is 18.9. The van der Waals surface area contributed by atoms with Gasteiger partial charge in [-0.25, -0.2) is 0 Å². The first-order chi connectivity index (χ1) is 12.5. The minimum atomic E-state index is -0.461. The van der Waals surface area contributed by atoms with Gasteiger partial charge in [0, 0.05) is 25.1 Å². The van der Waals surface area contributed by atoms with Crippen molar-refractivity contribution in [3.8, 4) is 5.75 Å². The van der Waals surface area contributed by atoms with Gasteiger partial charge in [0.1, 0.15) is 5.75 Å². The normalized spacial score (nSPS) is 20.8. The summed E-state index contributed by atoms with van der Waals surface area (Å²) in [6.07, 6.45) is 3.76. The Hall–Kier alpha value is -1.88. The lowest BCUT2D eigenvalue weighted by Crippen LogP contribution is -2.50. The van der Waals surface area contributed by atoms with Gasteiger partial charge in [-0.2, -0.15) is 0 Å². The second-order valence-corrected chi connectivity index (χ2v) is 7.63. The summed E-state index contributed by atoms with van der Waals surface area (Å²) in [4.78, 5) is 29.4. The number of amides is 1. The third kappa shape index (κ3) is 3.93. The maximum atomic E-state index is 13.1.